The summed E-state index contributed by atoms with van der Waals surface area (Å²) in [6.07, 6.45) is 0. The maximum absolute atomic E-state index is 13.8. The highest BCUT2D eigenvalue weighted by molar-refractivity contribution is 6.03. The number of benzene rings is 3. The van der Waals surface area contributed by atoms with Crippen molar-refractivity contribution in [3.63, 3.8) is 0 Å². The molecule has 4 rings (SSSR count). The van der Waals surface area contributed by atoms with Gasteiger partial charge in [-0.2, -0.15) is 0 Å². The molecule has 1 N–H and O–H groups in total. The summed E-state index contributed by atoms with van der Waals surface area (Å²) in [6, 6.07) is 18.1. The zero-order chi connectivity index (χ0) is 22.0. The smallest absolute Gasteiger partial charge is 0.254 e. The zero-order valence-corrected chi connectivity index (χ0v) is 17.8. The first-order valence-electron chi connectivity index (χ1n) is 10.5. The lowest BCUT2D eigenvalue weighted by molar-refractivity contribution is -0.121. The molecule has 0 aliphatic carbocycles. The first-order chi connectivity index (χ1) is 14.9. The molecule has 6 heteroatoms. The zero-order valence-electron chi connectivity index (χ0n) is 17.8. The summed E-state index contributed by atoms with van der Waals surface area (Å²) in [5.41, 5.74) is 1.68. The van der Waals surface area contributed by atoms with Gasteiger partial charge in [0, 0.05) is 42.8 Å². The average Bonchev–Trinajstić information content (AvgIpc) is 2.80. The number of piperazine rings is 1. The Morgan fingerprint density at radius 2 is 1.68 bits per heavy atom. The van der Waals surface area contributed by atoms with E-state index in [9.17, 15) is 14.0 Å². The lowest BCUT2D eigenvalue weighted by atomic mass is 10.1. The molecule has 0 aromatic heterocycles. The third-order valence-corrected chi connectivity index (χ3v) is 5.99. The number of nitrogens with zero attached hydrogens (tertiary/aromatic N) is 2. The largest absolute Gasteiger partial charge is 0.336 e. The van der Waals surface area contributed by atoms with Gasteiger partial charge in [0.15, 0.2) is 0 Å². The topological polar surface area (TPSA) is 52.7 Å². The van der Waals surface area contributed by atoms with Crippen LogP contribution in [0, 0.1) is 12.7 Å². The van der Waals surface area contributed by atoms with Crippen molar-refractivity contribution in [2.75, 3.05) is 31.5 Å². The van der Waals surface area contributed by atoms with Crippen LogP contribution >= 0.6 is 0 Å². The van der Waals surface area contributed by atoms with Crippen molar-refractivity contribution in [3.05, 3.63) is 77.6 Å². The number of aryl methyl sites for hydroxylation is 1. The SMILES string of the molecule is Cc1ccc(C(=O)N2CCN(C(C)C(=O)Nc3cccc4ccccc34)CC2)cc1F. The van der Waals surface area contributed by atoms with E-state index in [1.807, 2.05) is 49.4 Å². The van der Waals surface area contributed by atoms with Gasteiger partial charge in [0.1, 0.15) is 5.82 Å². The van der Waals surface area contributed by atoms with Crippen LogP contribution in [0.25, 0.3) is 10.8 Å². The molecule has 0 saturated carbocycles. The van der Waals surface area contributed by atoms with Crippen molar-refractivity contribution in [1.29, 1.82) is 0 Å². The number of nitrogens with one attached hydrogen (secondary N) is 1. The van der Waals surface area contributed by atoms with Crippen LogP contribution in [-0.4, -0.2) is 53.8 Å². The normalized spacial score (nSPS) is 15.6. The molecule has 1 unspecified atom stereocenters. The van der Waals surface area contributed by atoms with Gasteiger partial charge >= 0.3 is 0 Å². The van der Waals surface area contributed by atoms with Crippen LogP contribution in [0.4, 0.5) is 10.1 Å². The summed E-state index contributed by atoms with van der Waals surface area (Å²) in [5.74, 6) is -0.619. The number of amides is 2. The highest BCUT2D eigenvalue weighted by Gasteiger charge is 2.28. The third kappa shape index (κ3) is 4.44. The molecule has 1 saturated heterocycles. The van der Waals surface area contributed by atoms with Crippen molar-refractivity contribution < 1.29 is 14.0 Å². The number of hydrogen-bond acceptors (Lipinski definition) is 3. The van der Waals surface area contributed by atoms with E-state index in [1.54, 1.807) is 24.0 Å². The lowest BCUT2D eigenvalue weighted by Crippen LogP contribution is -2.54. The maximum Gasteiger partial charge on any atom is 0.254 e. The van der Waals surface area contributed by atoms with Crippen LogP contribution in [0.3, 0.4) is 0 Å². The van der Waals surface area contributed by atoms with Gasteiger partial charge in [-0.05, 0) is 43.0 Å². The van der Waals surface area contributed by atoms with Crippen molar-refractivity contribution in [3.8, 4) is 0 Å². The van der Waals surface area contributed by atoms with Crippen molar-refractivity contribution >= 4 is 28.3 Å². The molecular weight excluding hydrogens is 393 g/mol. The molecule has 160 valence electrons. The number of fused-ring (bicyclic) bond motifs is 1. The quantitative estimate of drug-likeness (QED) is 0.694. The van der Waals surface area contributed by atoms with E-state index in [0.717, 1.165) is 16.5 Å². The van der Waals surface area contributed by atoms with Crippen LogP contribution in [-0.2, 0) is 4.79 Å². The monoisotopic (exact) mass is 419 g/mol. The Morgan fingerprint density at radius 1 is 0.968 bits per heavy atom. The molecule has 0 spiro atoms. The molecule has 5 nitrogen and oxygen atoms in total. The first-order valence-corrected chi connectivity index (χ1v) is 10.5. The summed E-state index contributed by atoms with van der Waals surface area (Å²) < 4.78 is 13.8. The summed E-state index contributed by atoms with van der Waals surface area (Å²) in [4.78, 5) is 29.4. The average molecular weight is 420 g/mol. The lowest BCUT2D eigenvalue weighted by Gasteiger charge is -2.37. The van der Waals surface area contributed by atoms with Gasteiger partial charge in [-0.25, -0.2) is 4.39 Å². The molecular formula is C25H26FN3O2. The number of hydrogen-bond donors (Lipinski definition) is 1. The minimum absolute atomic E-state index is 0.0725. The van der Waals surface area contributed by atoms with Gasteiger partial charge in [0.05, 0.1) is 6.04 Å². The molecule has 1 fully saturated rings. The van der Waals surface area contributed by atoms with E-state index in [0.29, 0.717) is 37.3 Å². The molecule has 31 heavy (non-hydrogen) atoms. The molecule has 1 aliphatic rings. The molecule has 1 aliphatic heterocycles. The summed E-state index contributed by atoms with van der Waals surface area (Å²) in [6.45, 7) is 5.73. The standard InChI is InChI=1S/C25H26FN3O2/c1-17-10-11-20(16-22(17)26)25(31)29-14-12-28(13-15-29)18(2)24(30)27-23-9-5-7-19-6-3-4-8-21(19)23/h3-11,16,18H,12-15H2,1-2H3,(H,27,30). The predicted octanol–water partition coefficient (Wildman–Crippen LogP) is 4.07. The Hall–Kier alpha value is -3.25. The fraction of sp³-hybridized carbons (Fsp3) is 0.280. The van der Waals surface area contributed by atoms with Gasteiger partial charge in [0.2, 0.25) is 5.91 Å². The second kappa shape index (κ2) is 8.86. The first kappa shape index (κ1) is 21.0. The van der Waals surface area contributed by atoms with E-state index < -0.39 is 0 Å². The van der Waals surface area contributed by atoms with Gasteiger partial charge in [-0.15, -0.1) is 0 Å². The van der Waals surface area contributed by atoms with Crippen LogP contribution in [0.15, 0.2) is 60.7 Å². The van der Waals surface area contributed by atoms with Gasteiger partial charge in [-0.3, -0.25) is 14.5 Å². The fourth-order valence-corrected chi connectivity index (χ4v) is 3.96. The Bertz CT molecular complexity index is 1120. The van der Waals surface area contributed by atoms with Crippen molar-refractivity contribution in [1.82, 2.24) is 9.80 Å². The Morgan fingerprint density at radius 3 is 2.42 bits per heavy atom. The van der Waals surface area contributed by atoms with Crippen LogP contribution in [0.2, 0.25) is 0 Å². The number of carbonyl (C=O) groups excluding carboxylic acids is 2. The number of anilines is 1. The Kier molecular flexibility index (Phi) is 6.00. The summed E-state index contributed by atoms with van der Waals surface area (Å²) >= 11 is 0. The van der Waals surface area contributed by atoms with Gasteiger partial charge < -0.3 is 10.2 Å². The van der Waals surface area contributed by atoms with Crippen LogP contribution in [0.1, 0.15) is 22.8 Å². The van der Waals surface area contributed by atoms with Crippen molar-refractivity contribution in [2.24, 2.45) is 0 Å². The molecule has 3 aromatic rings. The molecule has 1 atom stereocenters. The minimum atomic E-state index is -0.372. The van der Waals surface area contributed by atoms with E-state index in [4.69, 9.17) is 0 Å². The van der Waals surface area contributed by atoms with E-state index in [2.05, 4.69) is 10.2 Å². The molecule has 0 bridgehead atoms. The number of carbonyl (C=O) groups is 2. The van der Waals surface area contributed by atoms with Gasteiger partial charge in [-0.1, -0.05) is 42.5 Å². The van der Waals surface area contributed by atoms with E-state index >= 15 is 0 Å². The Labute approximate surface area is 181 Å². The summed E-state index contributed by atoms with van der Waals surface area (Å²) in [7, 11) is 0. The number of halogens is 1. The minimum Gasteiger partial charge on any atom is -0.336 e. The predicted molar refractivity (Wildman–Crippen MR) is 121 cm³/mol. The second-order valence-corrected chi connectivity index (χ2v) is 7.98. The highest BCUT2D eigenvalue weighted by Crippen LogP contribution is 2.23. The van der Waals surface area contributed by atoms with E-state index in [1.165, 1.54) is 6.07 Å². The Balaban J connectivity index is 1.37. The third-order valence-electron chi connectivity index (χ3n) is 5.99. The van der Waals surface area contributed by atoms with E-state index in [-0.39, 0.29) is 23.7 Å². The van der Waals surface area contributed by atoms with Crippen molar-refractivity contribution in [2.45, 2.75) is 19.9 Å². The molecule has 0 radical (unpaired) electrons. The van der Waals surface area contributed by atoms with Crippen LogP contribution in [0.5, 0.6) is 0 Å². The highest BCUT2D eigenvalue weighted by atomic mass is 19.1. The molecule has 2 amide bonds. The van der Waals surface area contributed by atoms with Crippen LogP contribution < -0.4 is 5.32 Å². The maximum atomic E-state index is 13.8. The van der Waals surface area contributed by atoms with Gasteiger partial charge in [0.25, 0.3) is 5.91 Å². The summed E-state index contributed by atoms with van der Waals surface area (Å²) in [5, 5.41) is 5.13. The fourth-order valence-electron chi connectivity index (χ4n) is 3.96. The molecule has 3 aromatic carbocycles. The second-order valence-electron chi connectivity index (χ2n) is 7.98. The number of rotatable bonds is 4. The molecule has 1 heterocycles.